The van der Waals surface area contributed by atoms with Gasteiger partial charge in [0.05, 0.1) is 19.8 Å². The molecule has 1 aromatic rings. The molecule has 0 unspecified atom stereocenters. The van der Waals surface area contributed by atoms with E-state index >= 15 is 0 Å². The van der Waals surface area contributed by atoms with Crippen molar-refractivity contribution in [2.24, 2.45) is 4.99 Å². The van der Waals surface area contributed by atoms with Crippen LogP contribution in [0.5, 0.6) is 0 Å². The molecule has 0 bridgehead atoms. The Labute approximate surface area is 160 Å². The molecule has 0 atom stereocenters. The second-order valence-electron chi connectivity index (χ2n) is 5.75. The summed E-state index contributed by atoms with van der Waals surface area (Å²) in [5.41, 5.74) is 1.10. The molecule has 2 N–H and O–H groups in total. The van der Waals surface area contributed by atoms with Gasteiger partial charge in [0.1, 0.15) is 5.82 Å². The summed E-state index contributed by atoms with van der Waals surface area (Å²) in [6.07, 6.45) is 2.14. The highest BCUT2D eigenvalue weighted by molar-refractivity contribution is 14.0. The lowest BCUT2D eigenvalue weighted by Crippen LogP contribution is -2.42. The summed E-state index contributed by atoms with van der Waals surface area (Å²) in [6, 6.07) is 6.89. The van der Waals surface area contributed by atoms with Gasteiger partial charge in [-0.15, -0.1) is 24.0 Å². The minimum atomic E-state index is -0.176. The molecule has 1 saturated carbocycles. The largest absolute Gasteiger partial charge is 0.382 e. The number of halogens is 2. The maximum atomic E-state index is 13.4. The zero-order valence-electron chi connectivity index (χ0n) is 14.3. The Morgan fingerprint density at radius 2 is 2.04 bits per heavy atom. The number of guanidine groups is 1. The van der Waals surface area contributed by atoms with Crippen molar-refractivity contribution in [3.05, 3.63) is 35.6 Å². The van der Waals surface area contributed by atoms with Gasteiger partial charge in [-0.3, -0.25) is 4.99 Å². The minimum absolute atomic E-state index is 0. The van der Waals surface area contributed by atoms with E-state index in [-0.39, 0.29) is 35.2 Å². The number of methoxy groups -OCH3 is 1. The molecule has 0 amide bonds. The molecule has 1 aromatic carbocycles. The molecule has 136 valence electrons. The van der Waals surface area contributed by atoms with Gasteiger partial charge in [0.2, 0.25) is 0 Å². The average Bonchev–Trinajstić information content (AvgIpc) is 3.35. The first-order valence-electron chi connectivity index (χ1n) is 7.97. The van der Waals surface area contributed by atoms with Crippen LogP contribution in [0.2, 0.25) is 0 Å². The molecule has 7 heteroatoms. The van der Waals surface area contributed by atoms with Crippen molar-refractivity contribution < 1.29 is 13.9 Å². The predicted molar refractivity (Wildman–Crippen MR) is 105 cm³/mol. The Balaban J connectivity index is 0.00000288. The molecule has 0 aliphatic heterocycles. The molecule has 0 spiro atoms. The van der Waals surface area contributed by atoms with Gasteiger partial charge in [-0.25, -0.2) is 4.39 Å². The Hall–Kier alpha value is -0.930. The second kappa shape index (κ2) is 10.8. The molecule has 0 saturated heterocycles. The van der Waals surface area contributed by atoms with Crippen LogP contribution in [0, 0.1) is 5.82 Å². The van der Waals surface area contributed by atoms with E-state index in [2.05, 4.69) is 15.6 Å². The first-order valence-corrected chi connectivity index (χ1v) is 7.97. The monoisotopic (exact) mass is 451 g/mol. The Kier molecular flexibility index (Phi) is 9.53. The van der Waals surface area contributed by atoms with Crippen LogP contribution < -0.4 is 10.6 Å². The highest BCUT2D eigenvalue weighted by Gasteiger charge is 2.44. The molecule has 5 nitrogen and oxygen atoms in total. The van der Waals surface area contributed by atoms with E-state index in [0.717, 1.165) is 30.9 Å². The van der Waals surface area contributed by atoms with Gasteiger partial charge in [0.15, 0.2) is 5.96 Å². The van der Waals surface area contributed by atoms with Crippen molar-refractivity contribution in [1.82, 2.24) is 10.6 Å². The molecule has 24 heavy (non-hydrogen) atoms. The van der Waals surface area contributed by atoms with Crippen molar-refractivity contribution in [2.45, 2.75) is 18.3 Å². The highest BCUT2D eigenvalue weighted by atomic mass is 127. The number of benzene rings is 1. The minimum Gasteiger partial charge on any atom is -0.382 e. The van der Waals surface area contributed by atoms with Crippen LogP contribution in [0.15, 0.2) is 29.3 Å². The second-order valence-corrected chi connectivity index (χ2v) is 5.75. The number of rotatable bonds is 9. The zero-order valence-corrected chi connectivity index (χ0v) is 16.6. The molecule has 1 fully saturated rings. The van der Waals surface area contributed by atoms with Crippen LogP contribution in [0.4, 0.5) is 4.39 Å². The number of ether oxygens (including phenoxy) is 2. The number of nitrogens with zero attached hydrogens (tertiary/aromatic N) is 1. The van der Waals surface area contributed by atoms with E-state index in [1.54, 1.807) is 26.3 Å². The Bertz CT molecular complexity index is 524. The van der Waals surface area contributed by atoms with Gasteiger partial charge in [-0.1, -0.05) is 12.1 Å². The van der Waals surface area contributed by atoms with Crippen LogP contribution in [-0.4, -0.2) is 53.0 Å². The lowest BCUT2D eigenvalue weighted by atomic mass is 9.96. The molecule has 0 aromatic heterocycles. The quantitative estimate of drug-likeness (QED) is 0.262. The lowest BCUT2D eigenvalue weighted by Gasteiger charge is -2.19. The van der Waals surface area contributed by atoms with E-state index in [4.69, 9.17) is 9.47 Å². The summed E-state index contributed by atoms with van der Waals surface area (Å²) in [6.45, 7) is 3.21. The number of aliphatic imine (C=N–C) groups is 1. The Morgan fingerprint density at radius 1 is 1.25 bits per heavy atom. The van der Waals surface area contributed by atoms with Crippen LogP contribution in [0.3, 0.4) is 0 Å². The number of hydrogen-bond acceptors (Lipinski definition) is 3. The van der Waals surface area contributed by atoms with Crippen molar-refractivity contribution >= 4 is 29.9 Å². The molecular formula is C17H27FIN3O2. The van der Waals surface area contributed by atoms with Crippen molar-refractivity contribution in [3.63, 3.8) is 0 Å². The molecular weight excluding hydrogens is 424 g/mol. The Morgan fingerprint density at radius 3 is 2.67 bits per heavy atom. The van der Waals surface area contributed by atoms with Gasteiger partial charge < -0.3 is 20.1 Å². The molecule has 1 aliphatic rings. The first kappa shape index (κ1) is 21.1. The van der Waals surface area contributed by atoms with E-state index in [0.29, 0.717) is 26.4 Å². The summed E-state index contributed by atoms with van der Waals surface area (Å²) in [5, 5.41) is 6.54. The van der Waals surface area contributed by atoms with E-state index in [1.807, 2.05) is 6.07 Å². The smallest absolute Gasteiger partial charge is 0.191 e. The van der Waals surface area contributed by atoms with Crippen LogP contribution in [-0.2, 0) is 14.9 Å². The fourth-order valence-corrected chi connectivity index (χ4v) is 2.50. The highest BCUT2D eigenvalue weighted by Crippen LogP contribution is 2.47. The zero-order chi connectivity index (χ0) is 16.5. The number of hydrogen-bond donors (Lipinski definition) is 2. The van der Waals surface area contributed by atoms with E-state index < -0.39 is 0 Å². The van der Waals surface area contributed by atoms with Crippen molar-refractivity contribution in [3.8, 4) is 0 Å². The van der Waals surface area contributed by atoms with Crippen molar-refractivity contribution in [1.29, 1.82) is 0 Å². The van der Waals surface area contributed by atoms with E-state index in [1.165, 1.54) is 6.07 Å². The van der Waals surface area contributed by atoms with Gasteiger partial charge in [0, 0.05) is 32.7 Å². The van der Waals surface area contributed by atoms with Gasteiger partial charge in [-0.05, 0) is 30.5 Å². The first-order chi connectivity index (χ1) is 11.2. The van der Waals surface area contributed by atoms with Crippen molar-refractivity contribution in [2.75, 3.05) is 47.1 Å². The third-order valence-corrected chi connectivity index (χ3v) is 4.08. The number of nitrogens with one attached hydrogen (secondary N) is 2. The summed E-state index contributed by atoms with van der Waals surface area (Å²) >= 11 is 0. The standard InChI is InChI=1S/C17H26FN3O2.HI/c1-19-16(20-8-9-23-11-10-22-2)21-13-17(6-7-17)14-4-3-5-15(18)12-14;/h3-5,12H,6-11,13H2,1-2H3,(H2,19,20,21);1H. The molecule has 0 radical (unpaired) electrons. The average molecular weight is 451 g/mol. The molecule has 0 heterocycles. The van der Waals surface area contributed by atoms with E-state index in [9.17, 15) is 4.39 Å². The summed E-state index contributed by atoms with van der Waals surface area (Å²) in [7, 11) is 3.39. The lowest BCUT2D eigenvalue weighted by molar-refractivity contribution is 0.0733. The van der Waals surface area contributed by atoms with Crippen LogP contribution >= 0.6 is 24.0 Å². The SMILES string of the molecule is CN=C(NCCOCCOC)NCC1(c2cccc(F)c2)CC1.I. The maximum absolute atomic E-state index is 13.4. The topological polar surface area (TPSA) is 54.9 Å². The molecule has 1 aliphatic carbocycles. The summed E-state index contributed by atoms with van der Waals surface area (Å²) in [5.74, 6) is 0.563. The normalized spacial score (nSPS) is 15.5. The summed E-state index contributed by atoms with van der Waals surface area (Å²) < 4.78 is 23.7. The predicted octanol–water partition coefficient (Wildman–Crippen LogP) is 2.30. The van der Waals surface area contributed by atoms with Crippen LogP contribution in [0.1, 0.15) is 18.4 Å². The third-order valence-electron chi connectivity index (χ3n) is 4.08. The fraction of sp³-hybridized carbons (Fsp3) is 0.588. The van der Waals surface area contributed by atoms with Gasteiger partial charge >= 0.3 is 0 Å². The van der Waals surface area contributed by atoms with Crippen LogP contribution in [0.25, 0.3) is 0 Å². The third kappa shape index (κ3) is 6.52. The molecule has 2 rings (SSSR count). The maximum Gasteiger partial charge on any atom is 0.191 e. The fourth-order valence-electron chi connectivity index (χ4n) is 2.50. The van der Waals surface area contributed by atoms with Gasteiger partial charge in [-0.2, -0.15) is 0 Å². The van der Waals surface area contributed by atoms with Gasteiger partial charge in [0.25, 0.3) is 0 Å². The summed E-state index contributed by atoms with van der Waals surface area (Å²) in [4.78, 5) is 4.20.